The Morgan fingerprint density at radius 3 is 2.59 bits per heavy atom. The number of aromatic carboxylic acids is 1. The zero-order valence-corrected chi connectivity index (χ0v) is 14.6. The van der Waals surface area contributed by atoms with Gasteiger partial charge in [-0.15, -0.1) is 0 Å². The van der Waals surface area contributed by atoms with Gasteiger partial charge in [-0.3, -0.25) is 4.79 Å². The lowest BCUT2D eigenvalue weighted by Crippen LogP contribution is -2.49. The number of aromatic nitrogens is 2. The van der Waals surface area contributed by atoms with Gasteiger partial charge in [0.25, 0.3) is 0 Å². The Morgan fingerprint density at radius 1 is 1.33 bits per heavy atom. The Morgan fingerprint density at radius 2 is 2.00 bits per heavy atom. The number of carboxylic acid groups (broad SMARTS) is 1. The second kappa shape index (κ2) is 6.56. The summed E-state index contributed by atoms with van der Waals surface area (Å²) in [4.78, 5) is 29.8. The Labute approximate surface area is 153 Å². The zero-order valence-electron chi connectivity index (χ0n) is 14.6. The van der Waals surface area contributed by atoms with Crippen LogP contribution in [0.25, 0.3) is 11.0 Å². The van der Waals surface area contributed by atoms with Crippen LogP contribution in [-0.4, -0.2) is 46.4 Å². The average Bonchev–Trinajstić information content (AvgIpc) is 2.83. The van der Waals surface area contributed by atoms with Gasteiger partial charge in [0.05, 0.1) is 11.9 Å². The molecule has 2 aliphatic rings. The van der Waals surface area contributed by atoms with Crippen molar-refractivity contribution in [3.05, 3.63) is 33.9 Å². The molecule has 1 aliphatic carbocycles. The predicted octanol–water partition coefficient (Wildman–Crippen LogP) is 1.38. The Kier molecular flexibility index (Phi) is 4.33. The van der Waals surface area contributed by atoms with Crippen LogP contribution in [0.15, 0.2) is 17.1 Å². The minimum Gasteiger partial charge on any atom is -0.477 e. The summed E-state index contributed by atoms with van der Waals surface area (Å²) in [5.41, 5.74) is 4.92. The van der Waals surface area contributed by atoms with Crippen molar-refractivity contribution < 1.29 is 18.7 Å². The quantitative estimate of drug-likeness (QED) is 0.834. The summed E-state index contributed by atoms with van der Waals surface area (Å²) in [6.07, 6.45) is 3.05. The Hall–Kier alpha value is -2.55. The largest absolute Gasteiger partial charge is 0.477 e. The molecule has 3 heterocycles. The maximum atomic E-state index is 14.8. The highest BCUT2D eigenvalue weighted by molar-refractivity contribution is 5.92. The maximum Gasteiger partial charge on any atom is 0.341 e. The monoisotopic (exact) mass is 378 g/mol. The van der Waals surface area contributed by atoms with Crippen molar-refractivity contribution in [1.82, 2.24) is 9.55 Å². The van der Waals surface area contributed by atoms with Crippen LogP contribution in [-0.2, 0) is 6.54 Å². The number of halogens is 2. The van der Waals surface area contributed by atoms with Crippen molar-refractivity contribution in [3.63, 3.8) is 0 Å². The summed E-state index contributed by atoms with van der Waals surface area (Å²) in [6.45, 7) is 0.209. The van der Waals surface area contributed by atoms with Crippen molar-refractivity contribution in [1.29, 1.82) is 0 Å². The van der Waals surface area contributed by atoms with Crippen LogP contribution in [0.2, 0.25) is 0 Å². The molecule has 4 rings (SSSR count). The highest BCUT2D eigenvalue weighted by atomic mass is 19.1. The Bertz CT molecular complexity index is 963. The number of carboxylic acids is 1. The molecule has 1 saturated heterocycles. The van der Waals surface area contributed by atoms with Gasteiger partial charge in [0.1, 0.15) is 17.9 Å². The molecule has 144 valence electrons. The van der Waals surface area contributed by atoms with E-state index in [1.54, 1.807) is 0 Å². The van der Waals surface area contributed by atoms with Crippen molar-refractivity contribution in [3.8, 4) is 0 Å². The fourth-order valence-electron chi connectivity index (χ4n) is 4.35. The van der Waals surface area contributed by atoms with Gasteiger partial charge in [-0.25, -0.2) is 18.6 Å². The molecule has 2 bridgehead atoms. The molecule has 9 heteroatoms. The van der Waals surface area contributed by atoms with E-state index in [1.807, 2.05) is 4.90 Å². The van der Waals surface area contributed by atoms with Gasteiger partial charge >= 0.3 is 5.97 Å². The van der Waals surface area contributed by atoms with E-state index < -0.39 is 29.5 Å². The smallest absolute Gasteiger partial charge is 0.341 e. The molecule has 2 atom stereocenters. The lowest BCUT2D eigenvalue weighted by molar-refractivity contribution is 0.0694. The average molecular weight is 378 g/mol. The molecule has 0 spiro atoms. The van der Waals surface area contributed by atoms with Gasteiger partial charge in [0.15, 0.2) is 11.6 Å². The number of rotatable bonds is 4. The van der Waals surface area contributed by atoms with E-state index >= 15 is 0 Å². The second-order valence-electron chi connectivity index (χ2n) is 7.30. The topological polar surface area (TPSA) is 101 Å². The number of nitrogens with zero attached hydrogens (tertiary/aromatic N) is 3. The Balaban J connectivity index is 1.85. The molecule has 2 aromatic heterocycles. The highest BCUT2D eigenvalue weighted by Crippen LogP contribution is 2.37. The van der Waals surface area contributed by atoms with Crippen LogP contribution < -0.4 is 16.1 Å². The van der Waals surface area contributed by atoms with Gasteiger partial charge in [0.2, 0.25) is 5.43 Å². The number of hydrogen-bond donors (Lipinski definition) is 2. The van der Waals surface area contributed by atoms with E-state index in [2.05, 4.69) is 4.98 Å². The molecule has 2 aromatic rings. The molecule has 0 radical (unpaired) electrons. The molecular weight excluding hydrogens is 358 g/mol. The van der Waals surface area contributed by atoms with E-state index in [1.165, 1.54) is 4.57 Å². The van der Waals surface area contributed by atoms with Gasteiger partial charge in [-0.05, 0) is 30.7 Å². The number of nitrogens with two attached hydrogens (primary N) is 1. The number of piperidine rings is 1. The van der Waals surface area contributed by atoms with Gasteiger partial charge in [0, 0.05) is 25.3 Å². The van der Waals surface area contributed by atoms with Crippen molar-refractivity contribution in [2.24, 2.45) is 17.6 Å². The van der Waals surface area contributed by atoms with Gasteiger partial charge in [-0.1, -0.05) is 0 Å². The molecule has 0 aromatic carbocycles. The molecule has 3 N–H and O–H groups in total. The summed E-state index contributed by atoms with van der Waals surface area (Å²) in [5.74, 6) is -1.50. The number of aryl methyl sites for hydroxylation is 1. The number of anilines is 1. The van der Waals surface area contributed by atoms with E-state index in [0.717, 1.165) is 25.1 Å². The maximum absolute atomic E-state index is 14.8. The van der Waals surface area contributed by atoms with E-state index in [4.69, 9.17) is 5.73 Å². The molecule has 1 saturated carbocycles. The van der Waals surface area contributed by atoms with Gasteiger partial charge in [-0.2, -0.15) is 0 Å². The van der Waals surface area contributed by atoms with Crippen molar-refractivity contribution in [2.45, 2.75) is 25.4 Å². The first-order valence-electron chi connectivity index (χ1n) is 8.94. The van der Waals surface area contributed by atoms with Crippen LogP contribution in [0.3, 0.4) is 0 Å². The first-order valence-corrected chi connectivity index (χ1v) is 8.94. The third-order valence-electron chi connectivity index (χ3n) is 5.75. The minimum absolute atomic E-state index is 0.0845. The molecule has 7 nitrogen and oxygen atoms in total. The summed E-state index contributed by atoms with van der Waals surface area (Å²) < 4.78 is 29.0. The van der Waals surface area contributed by atoms with Crippen LogP contribution in [0.5, 0.6) is 0 Å². The van der Waals surface area contributed by atoms with Crippen LogP contribution in [0.4, 0.5) is 14.6 Å². The van der Waals surface area contributed by atoms with Crippen LogP contribution >= 0.6 is 0 Å². The normalized spacial score (nSPS) is 24.6. The SMILES string of the molecule is NC1C2CCC1CN(c1nc3c(cc1F)c(=O)c(C(=O)O)cn3CCF)C2. The first-order chi connectivity index (χ1) is 12.9. The van der Waals surface area contributed by atoms with Crippen molar-refractivity contribution in [2.75, 3.05) is 24.7 Å². The minimum atomic E-state index is -1.44. The fraction of sp³-hybridized carbons (Fsp3) is 0.500. The number of alkyl halides is 1. The first kappa shape index (κ1) is 17.8. The lowest BCUT2D eigenvalue weighted by Gasteiger charge is -2.37. The van der Waals surface area contributed by atoms with Crippen LogP contribution in [0, 0.1) is 17.7 Å². The summed E-state index contributed by atoms with van der Waals surface area (Å²) >= 11 is 0. The second-order valence-corrected chi connectivity index (χ2v) is 7.30. The fourth-order valence-corrected chi connectivity index (χ4v) is 4.35. The lowest BCUT2D eigenvalue weighted by atomic mass is 9.93. The number of carbonyl (C=O) groups is 1. The predicted molar refractivity (Wildman–Crippen MR) is 95.3 cm³/mol. The molecule has 0 amide bonds. The molecule has 2 fully saturated rings. The molecule has 2 unspecified atom stereocenters. The third kappa shape index (κ3) is 2.86. The molecular formula is C18H20F2N4O3. The number of hydrogen-bond acceptors (Lipinski definition) is 5. The van der Waals surface area contributed by atoms with Crippen LogP contribution in [0.1, 0.15) is 23.2 Å². The van der Waals surface area contributed by atoms with Crippen molar-refractivity contribution >= 4 is 22.8 Å². The summed E-state index contributed by atoms with van der Waals surface area (Å²) in [7, 11) is 0. The summed E-state index contributed by atoms with van der Waals surface area (Å²) in [5, 5.41) is 9.03. The van der Waals surface area contributed by atoms with Gasteiger partial charge < -0.3 is 20.3 Å². The van der Waals surface area contributed by atoms with E-state index in [9.17, 15) is 23.5 Å². The third-order valence-corrected chi connectivity index (χ3v) is 5.75. The molecule has 1 aliphatic heterocycles. The zero-order chi connectivity index (χ0) is 19.3. The number of fused-ring (bicyclic) bond motifs is 3. The molecule has 27 heavy (non-hydrogen) atoms. The number of pyridine rings is 2. The highest BCUT2D eigenvalue weighted by Gasteiger charge is 2.40. The van der Waals surface area contributed by atoms with E-state index in [-0.39, 0.29) is 41.3 Å². The summed E-state index contributed by atoms with van der Waals surface area (Å²) in [6, 6.07) is 1.12. The standard InChI is InChI=1S/C18H20F2N4O3/c19-3-4-23-8-12(18(26)27)15(25)11-5-13(20)17(22-16(11)23)24-6-9-1-2-10(7-24)14(9)21/h5,8-10,14H,1-4,6-7,21H2,(H,26,27). The van der Waals surface area contributed by atoms with E-state index in [0.29, 0.717) is 13.1 Å².